The van der Waals surface area contributed by atoms with Gasteiger partial charge in [0.15, 0.2) is 0 Å². The van der Waals surface area contributed by atoms with Gasteiger partial charge in [-0.05, 0) is 103 Å². The molecule has 0 amide bonds. The average Bonchev–Trinajstić information content (AvgIpc) is 3.15. The maximum absolute atomic E-state index is 5.38. The number of hydrogen-bond acceptors (Lipinski definition) is 3. The standard InChI is InChI=1S/C43H32N2O/c1-46-43-21-20-32(28-44-43)33-22-35(40-25-31-16-8-9-17-37(31)38-18-10-11-19-39(38)40)24-36(23-33)42-27-34(29-12-4-2-5-13-29)26-41(45-42)30-14-6-3-7-15-30/h2-28,42,45H,1H3. The third-order valence-corrected chi connectivity index (χ3v) is 8.82. The first kappa shape index (κ1) is 27.6. The van der Waals surface area contributed by atoms with Crippen molar-refractivity contribution in [2.75, 3.05) is 7.11 Å². The Morgan fingerprint density at radius 3 is 1.98 bits per heavy atom. The number of methoxy groups -OCH3 is 1. The summed E-state index contributed by atoms with van der Waals surface area (Å²) in [6.45, 7) is 0. The zero-order valence-corrected chi connectivity index (χ0v) is 25.5. The molecule has 1 aromatic heterocycles. The molecule has 0 radical (unpaired) electrons. The topological polar surface area (TPSA) is 34.1 Å². The predicted molar refractivity (Wildman–Crippen MR) is 191 cm³/mol. The molecule has 1 unspecified atom stereocenters. The van der Waals surface area contributed by atoms with E-state index in [1.807, 2.05) is 12.3 Å². The monoisotopic (exact) mass is 592 g/mol. The summed E-state index contributed by atoms with van der Waals surface area (Å²) < 4.78 is 5.38. The van der Waals surface area contributed by atoms with Gasteiger partial charge >= 0.3 is 0 Å². The van der Waals surface area contributed by atoms with Crippen LogP contribution in [-0.2, 0) is 0 Å². The smallest absolute Gasteiger partial charge is 0.212 e. The quantitative estimate of drug-likeness (QED) is 0.195. The SMILES string of the molecule is COc1ccc(-c2cc(-c3cc4ccccc4c4ccccc34)cc(C3C=C(c4ccccc4)C=C(c4ccccc4)N3)c2)cn1. The lowest BCUT2D eigenvalue weighted by Gasteiger charge is -2.27. The molecule has 0 saturated carbocycles. The molecule has 0 saturated heterocycles. The highest BCUT2D eigenvalue weighted by Gasteiger charge is 2.21. The molecule has 0 bridgehead atoms. The van der Waals surface area contributed by atoms with E-state index in [9.17, 15) is 0 Å². The zero-order chi connectivity index (χ0) is 30.9. The molecule has 1 atom stereocenters. The molecule has 0 fully saturated rings. The highest BCUT2D eigenvalue weighted by Crippen LogP contribution is 2.40. The van der Waals surface area contributed by atoms with Gasteiger partial charge in [-0.15, -0.1) is 0 Å². The van der Waals surface area contributed by atoms with Crippen LogP contribution >= 0.6 is 0 Å². The summed E-state index contributed by atoms with van der Waals surface area (Å²) in [5, 5.41) is 8.86. The van der Waals surface area contributed by atoms with Gasteiger partial charge < -0.3 is 10.1 Å². The van der Waals surface area contributed by atoms with Crippen molar-refractivity contribution in [1.29, 1.82) is 0 Å². The minimum Gasteiger partial charge on any atom is -0.481 e. The van der Waals surface area contributed by atoms with E-state index in [0.29, 0.717) is 5.88 Å². The van der Waals surface area contributed by atoms with Gasteiger partial charge in [-0.3, -0.25) is 0 Å². The highest BCUT2D eigenvalue weighted by atomic mass is 16.5. The Hall–Kier alpha value is -5.93. The van der Waals surface area contributed by atoms with Crippen molar-refractivity contribution < 1.29 is 4.74 Å². The summed E-state index contributed by atoms with van der Waals surface area (Å²) in [5.74, 6) is 0.600. The van der Waals surface area contributed by atoms with E-state index in [-0.39, 0.29) is 6.04 Å². The minimum absolute atomic E-state index is 0.0629. The first-order chi connectivity index (χ1) is 22.7. The lowest BCUT2D eigenvalue weighted by Crippen LogP contribution is -2.22. The highest BCUT2D eigenvalue weighted by molar-refractivity contribution is 6.13. The Bertz CT molecular complexity index is 2250. The van der Waals surface area contributed by atoms with E-state index in [1.54, 1.807) is 7.11 Å². The van der Waals surface area contributed by atoms with Crippen LogP contribution in [0.1, 0.15) is 22.7 Å². The fourth-order valence-corrected chi connectivity index (χ4v) is 6.53. The molecule has 3 nitrogen and oxygen atoms in total. The molecule has 0 aliphatic carbocycles. The summed E-state index contributed by atoms with van der Waals surface area (Å²) >= 11 is 0. The van der Waals surface area contributed by atoms with E-state index in [2.05, 4.69) is 162 Å². The minimum atomic E-state index is -0.0629. The second-order valence-corrected chi connectivity index (χ2v) is 11.7. The first-order valence-electron chi connectivity index (χ1n) is 15.6. The molecule has 2 heterocycles. The van der Waals surface area contributed by atoms with Gasteiger partial charge in [0.1, 0.15) is 0 Å². The fourth-order valence-electron chi connectivity index (χ4n) is 6.53. The molecule has 1 N–H and O–H groups in total. The van der Waals surface area contributed by atoms with Crippen LogP contribution in [0.2, 0.25) is 0 Å². The molecule has 7 aromatic rings. The molecule has 8 rings (SSSR count). The predicted octanol–water partition coefficient (Wildman–Crippen LogP) is 10.5. The second kappa shape index (κ2) is 11.9. The van der Waals surface area contributed by atoms with Crippen LogP contribution in [0.25, 0.3) is 55.1 Å². The Morgan fingerprint density at radius 2 is 1.24 bits per heavy atom. The van der Waals surface area contributed by atoms with Crippen molar-refractivity contribution in [3.05, 3.63) is 181 Å². The number of nitrogens with zero attached hydrogens (tertiary/aromatic N) is 1. The molecule has 1 aliphatic rings. The van der Waals surface area contributed by atoms with Crippen LogP contribution in [-0.4, -0.2) is 12.1 Å². The average molecular weight is 593 g/mol. The van der Waals surface area contributed by atoms with Crippen molar-refractivity contribution in [2.45, 2.75) is 6.04 Å². The Morgan fingerprint density at radius 1 is 0.565 bits per heavy atom. The summed E-state index contributed by atoms with van der Waals surface area (Å²) in [6, 6.07) is 51.8. The van der Waals surface area contributed by atoms with Gasteiger partial charge in [0, 0.05) is 23.5 Å². The maximum atomic E-state index is 5.38. The van der Waals surface area contributed by atoms with Gasteiger partial charge in [0.05, 0.1) is 13.2 Å². The van der Waals surface area contributed by atoms with Crippen LogP contribution in [0.4, 0.5) is 0 Å². The van der Waals surface area contributed by atoms with E-state index in [1.165, 1.54) is 43.8 Å². The van der Waals surface area contributed by atoms with E-state index in [0.717, 1.165) is 28.0 Å². The molecule has 0 spiro atoms. The van der Waals surface area contributed by atoms with Gasteiger partial charge in [-0.2, -0.15) is 0 Å². The van der Waals surface area contributed by atoms with Gasteiger partial charge in [-0.25, -0.2) is 4.98 Å². The molecule has 1 aliphatic heterocycles. The van der Waals surface area contributed by atoms with Crippen molar-refractivity contribution in [2.24, 2.45) is 0 Å². The summed E-state index contributed by atoms with van der Waals surface area (Å²) in [7, 11) is 1.65. The van der Waals surface area contributed by atoms with Gasteiger partial charge in [0.2, 0.25) is 5.88 Å². The van der Waals surface area contributed by atoms with Crippen LogP contribution in [0.15, 0.2) is 164 Å². The van der Waals surface area contributed by atoms with Crippen molar-refractivity contribution in [3.63, 3.8) is 0 Å². The van der Waals surface area contributed by atoms with Crippen LogP contribution in [0.5, 0.6) is 5.88 Å². The third kappa shape index (κ3) is 5.22. The number of dihydropyridines is 1. The van der Waals surface area contributed by atoms with Crippen LogP contribution in [0, 0.1) is 0 Å². The number of aromatic nitrogens is 1. The van der Waals surface area contributed by atoms with Crippen molar-refractivity contribution in [1.82, 2.24) is 10.3 Å². The zero-order valence-electron chi connectivity index (χ0n) is 25.5. The molecular formula is C43H32N2O. The Balaban J connectivity index is 1.34. The number of nitrogens with one attached hydrogen (secondary N) is 1. The molecule has 6 aromatic carbocycles. The van der Waals surface area contributed by atoms with E-state index >= 15 is 0 Å². The fraction of sp³-hybridized carbons (Fsp3) is 0.0465. The number of rotatable bonds is 6. The molecule has 46 heavy (non-hydrogen) atoms. The summed E-state index contributed by atoms with van der Waals surface area (Å²) in [6.07, 6.45) is 6.50. The summed E-state index contributed by atoms with van der Waals surface area (Å²) in [5.41, 5.74) is 10.3. The van der Waals surface area contributed by atoms with Gasteiger partial charge in [0.25, 0.3) is 0 Å². The molecular weight excluding hydrogens is 560 g/mol. The van der Waals surface area contributed by atoms with Crippen LogP contribution in [0.3, 0.4) is 0 Å². The number of hydrogen-bond donors (Lipinski definition) is 1. The number of ether oxygens (including phenoxy) is 1. The Labute approximate surface area is 269 Å². The maximum Gasteiger partial charge on any atom is 0.212 e. The Kier molecular flexibility index (Phi) is 7.12. The largest absolute Gasteiger partial charge is 0.481 e. The van der Waals surface area contributed by atoms with E-state index < -0.39 is 0 Å². The molecule has 3 heteroatoms. The van der Waals surface area contributed by atoms with E-state index in [4.69, 9.17) is 4.74 Å². The lowest BCUT2D eigenvalue weighted by atomic mass is 9.88. The number of allylic oxidation sites excluding steroid dienone is 2. The second-order valence-electron chi connectivity index (χ2n) is 11.7. The molecule has 220 valence electrons. The number of fused-ring (bicyclic) bond motifs is 3. The van der Waals surface area contributed by atoms with Gasteiger partial charge in [-0.1, -0.05) is 109 Å². The van der Waals surface area contributed by atoms with Crippen LogP contribution < -0.4 is 10.1 Å². The first-order valence-corrected chi connectivity index (χ1v) is 15.6. The normalized spacial score (nSPS) is 14.4. The number of benzene rings is 6. The lowest BCUT2D eigenvalue weighted by molar-refractivity contribution is 0.398. The summed E-state index contributed by atoms with van der Waals surface area (Å²) in [4.78, 5) is 4.55. The third-order valence-electron chi connectivity index (χ3n) is 8.82. The van der Waals surface area contributed by atoms with Crippen molar-refractivity contribution in [3.8, 4) is 28.1 Å². The number of pyridine rings is 1. The van der Waals surface area contributed by atoms with Crippen molar-refractivity contribution >= 4 is 32.8 Å².